The van der Waals surface area contributed by atoms with Gasteiger partial charge in [0.1, 0.15) is 0 Å². The summed E-state index contributed by atoms with van der Waals surface area (Å²) >= 11 is 0. The van der Waals surface area contributed by atoms with Crippen molar-refractivity contribution in [2.45, 2.75) is 33.7 Å². The van der Waals surface area contributed by atoms with Crippen molar-refractivity contribution in [2.24, 2.45) is 0 Å². The average molecular weight is 577 g/mol. The average Bonchev–Trinajstić information content (AvgIpc) is 3.02. The lowest BCUT2D eigenvalue weighted by molar-refractivity contribution is -0.117. The fraction of sp³-hybridized carbons (Fsp3) is 0.222. The van der Waals surface area contributed by atoms with E-state index in [0.717, 1.165) is 28.1 Å². The molecule has 0 radical (unpaired) electrons. The molecule has 0 aromatic heterocycles. The van der Waals surface area contributed by atoms with Gasteiger partial charge in [-0.25, -0.2) is 0 Å². The quantitative estimate of drug-likeness (QED) is 0.200. The molecule has 0 bridgehead atoms. The standard InChI is InChI=1S/C36H36N2O5/c1-4-41-32-19-16-27(22-33(32)42-5-2)20-21-37-35(39)29-17-14-26(15-18-29)23-34-36(40)38(24-28-12-10-25(3)11-13-28)30-8-6-7-9-31(30)43-34/h6-19,22-23H,4-5,20-21,24H2,1-3H3,(H,37,39)/b34-23+. The van der Waals surface area contributed by atoms with Crippen LogP contribution in [0.1, 0.15) is 46.5 Å². The molecule has 0 saturated heterocycles. The Morgan fingerprint density at radius 2 is 1.56 bits per heavy atom. The first-order chi connectivity index (χ1) is 20.9. The Hall–Kier alpha value is -5.04. The number of amides is 2. The number of aryl methyl sites for hydroxylation is 1. The minimum Gasteiger partial charge on any atom is -0.490 e. The van der Waals surface area contributed by atoms with E-state index in [-0.39, 0.29) is 17.6 Å². The topological polar surface area (TPSA) is 77.1 Å². The summed E-state index contributed by atoms with van der Waals surface area (Å²) in [7, 11) is 0. The summed E-state index contributed by atoms with van der Waals surface area (Å²) in [5, 5.41) is 2.98. The smallest absolute Gasteiger partial charge is 0.294 e. The number of anilines is 1. The number of carbonyl (C=O) groups is 2. The van der Waals surface area contributed by atoms with Gasteiger partial charge in [-0.3, -0.25) is 14.5 Å². The van der Waals surface area contributed by atoms with E-state index in [9.17, 15) is 9.59 Å². The van der Waals surface area contributed by atoms with Crippen molar-refractivity contribution in [3.05, 3.63) is 125 Å². The van der Waals surface area contributed by atoms with E-state index in [1.807, 2.05) is 99.6 Å². The molecule has 0 aliphatic carbocycles. The molecule has 1 heterocycles. The van der Waals surface area contributed by atoms with Crippen molar-refractivity contribution in [3.8, 4) is 17.2 Å². The molecular formula is C36H36N2O5. The highest BCUT2D eigenvalue weighted by atomic mass is 16.5. The highest BCUT2D eigenvalue weighted by molar-refractivity contribution is 6.09. The molecule has 5 rings (SSSR count). The van der Waals surface area contributed by atoms with Crippen molar-refractivity contribution in [1.82, 2.24) is 5.32 Å². The van der Waals surface area contributed by atoms with Gasteiger partial charge in [-0.1, -0.05) is 60.2 Å². The first-order valence-corrected chi connectivity index (χ1v) is 14.6. The molecule has 1 aliphatic heterocycles. The fourth-order valence-electron chi connectivity index (χ4n) is 4.85. The number of rotatable bonds is 11. The number of benzene rings is 4. The van der Waals surface area contributed by atoms with Gasteiger partial charge in [0, 0.05) is 12.1 Å². The van der Waals surface area contributed by atoms with Gasteiger partial charge in [0.05, 0.1) is 25.4 Å². The molecule has 2 amide bonds. The van der Waals surface area contributed by atoms with Crippen LogP contribution in [-0.2, 0) is 17.8 Å². The molecular weight excluding hydrogens is 540 g/mol. The molecule has 0 fully saturated rings. The van der Waals surface area contributed by atoms with Crippen molar-refractivity contribution in [1.29, 1.82) is 0 Å². The summed E-state index contributed by atoms with van der Waals surface area (Å²) in [5.41, 5.74) is 5.26. The van der Waals surface area contributed by atoms with E-state index in [1.54, 1.807) is 23.1 Å². The molecule has 43 heavy (non-hydrogen) atoms. The summed E-state index contributed by atoms with van der Waals surface area (Å²) in [6.45, 7) is 7.93. The largest absolute Gasteiger partial charge is 0.490 e. The second-order valence-electron chi connectivity index (χ2n) is 10.2. The van der Waals surface area contributed by atoms with E-state index in [4.69, 9.17) is 14.2 Å². The van der Waals surface area contributed by atoms with Gasteiger partial charge in [0.2, 0.25) is 0 Å². The Bertz CT molecular complexity index is 1610. The van der Waals surface area contributed by atoms with E-state index < -0.39 is 0 Å². The zero-order valence-electron chi connectivity index (χ0n) is 24.8. The van der Waals surface area contributed by atoms with Crippen LogP contribution in [0.2, 0.25) is 0 Å². The van der Waals surface area contributed by atoms with E-state index in [1.165, 1.54) is 5.56 Å². The van der Waals surface area contributed by atoms with Crippen molar-refractivity contribution in [2.75, 3.05) is 24.7 Å². The molecule has 0 spiro atoms. The van der Waals surface area contributed by atoms with Gasteiger partial charge in [0.25, 0.3) is 11.8 Å². The summed E-state index contributed by atoms with van der Waals surface area (Å²) in [6.07, 6.45) is 2.37. The molecule has 220 valence electrons. The van der Waals surface area contributed by atoms with E-state index in [2.05, 4.69) is 5.32 Å². The summed E-state index contributed by atoms with van der Waals surface area (Å²) in [5.74, 6) is 1.89. The van der Waals surface area contributed by atoms with Gasteiger partial charge in [-0.15, -0.1) is 0 Å². The number of ether oxygens (including phenoxy) is 3. The van der Waals surface area contributed by atoms with E-state index in [0.29, 0.717) is 49.8 Å². The van der Waals surface area contributed by atoms with Crippen LogP contribution in [0.4, 0.5) is 5.69 Å². The Balaban J connectivity index is 1.24. The molecule has 0 atom stereocenters. The third-order valence-corrected chi connectivity index (χ3v) is 7.07. The first kappa shape index (κ1) is 29.5. The Kier molecular flexibility index (Phi) is 9.42. The lowest BCUT2D eigenvalue weighted by Crippen LogP contribution is -2.36. The summed E-state index contributed by atoms with van der Waals surface area (Å²) in [4.78, 5) is 28.1. The van der Waals surface area contributed by atoms with E-state index >= 15 is 0 Å². The molecule has 7 nitrogen and oxygen atoms in total. The molecule has 4 aromatic carbocycles. The third-order valence-electron chi connectivity index (χ3n) is 7.07. The van der Waals surface area contributed by atoms with Crippen LogP contribution < -0.4 is 24.4 Å². The van der Waals surface area contributed by atoms with Gasteiger partial charge >= 0.3 is 0 Å². The second-order valence-corrected chi connectivity index (χ2v) is 10.2. The number of fused-ring (bicyclic) bond motifs is 1. The summed E-state index contributed by atoms with van der Waals surface area (Å²) < 4.78 is 17.4. The van der Waals surface area contributed by atoms with Crippen LogP contribution in [0.25, 0.3) is 6.08 Å². The van der Waals surface area contributed by atoms with Crippen molar-refractivity contribution >= 4 is 23.6 Å². The minimum atomic E-state index is -0.220. The maximum absolute atomic E-state index is 13.5. The number of hydrogen-bond acceptors (Lipinski definition) is 5. The predicted octanol–water partition coefficient (Wildman–Crippen LogP) is 6.73. The van der Waals surface area contributed by atoms with Gasteiger partial charge in [0.15, 0.2) is 23.0 Å². The molecule has 0 saturated carbocycles. The number of hydrogen-bond donors (Lipinski definition) is 1. The molecule has 0 unspecified atom stereocenters. The maximum Gasteiger partial charge on any atom is 0.294 e. The van der Waals surface area contributed by atoms with Gasteiger partial charge in [-0.05, 0) is 86.4 Å². The minimum absolute atomic E-state index is 0.168. The van der Waals surface area contributed by atoms with Crippen LogP contribution in [0.3, 0.4) is 0 Å². The van der Waals surface area contributed by atoms with Gasteiger partial charge < -0.3 is 19.5 Å². The zero-order chi connectivity index (χ0) is 30.2. The normalized spacial score (nSPS) is 13.3. The second kappa shape index (κ2) is 13.7. The highest BCUT2D eigenvalue weighted by Gasteiger charge is 2.30. The van der Waals surface area contributed by atoms with Crippen LogP contribution in [-0.4, -0.2) is 31.6 Å². The molecule has 7 heteroatoms. The number of para-hydroxylation sites is 2. The van der Waals surface area contributed by atoms with Crippen molar-refractivity contribution in [3.63, 3.8) is 0 Å². The van der Waals surface area contributed by atoms with Crippen molar-refractivity contribution < 1.29 is 23.8 Å². The monoisotopic (exact) mass is 576 g/mol. The Labute approximate surface area is 252 Å². The molecule has 1 aliphatic rings. The van der Waals surface area contributed by atoms with Gasteiger partial charge in [-0.2, -0.15) is 0 Å². The van der Waals surface area contributed by atoms with Crippen LogP contribution in [0.5, 0.6) is 17.2 Å². The Morgan fingerprint density at radius 3 is 2.30 bits per heavy atom. The number of carbonyl (C=O) groups excluding carboxylic acids is 2. The fourth-order valence-corrected chi connectivity index (χ4v) is 4.85. The van der Waals surface area contributed by atoms with Crippen LogP contribution in [0, 0.1) is 6.92 Å². The lowest BCUT2D eigenvalue weighted by Gasteiger charge is -2.30. The van der Waals surface area contributed by atoms with Crippen LogP contribution in [0.15, 0.2) is 96.8 Å². The number of nitrogens with zero attached hydrogens (tertiary/aromatic N) is 1. The third kappa shape index (κ3) is 7.25. The maximum atomic E-state index is 13.5. The van der Waals surface area contributed by atoms with Crippen LogP contribution >= 0.6 is 0 Å². The lowest BCUT2D eigenvalue weighted by atomic mass is 10.1. The highest BCUT2D eigenvalue weighted by Crippen LogP contribution is 2.36. The zero-order valence-corrected chi connectivity index (χ0v) is 24.8. The molecule has 4 aromatic rings. The summed E-state index contributed by atoms with van der Waals surface area (Å²) in [6, 6.07) is 28.6. The number of nitrogens with one attached hydrogen (secondary N) is 1. The Morgan fingerprint density at radius 1 is 0.860 bits per heavy atom. The SMILES string of the molecule is CCOc1ccc(CCNC(=O)c2ccc(/C=C3/Oc4ccccc4N(Cc4ccc(C)cc4)C3=O)cc2)cc1OCC. The predicted molar refractivity (Wildman–Crippen MR) is 169 cm³/mol. The molecule has 1 N–H and O–H groups in total. The first-order valence-electron chi connectivity index (χ1n) is 14.6.